The zero-order valence-corrected chi connectivity index (χ0v) is 14.3. The summed E-state index contributed by atoms with van der Waals surface area (Å²) in [6.07, 6.45) is 7.63. The van der Waals surface area contributed by atoms with Crippen LogP contribution in [0.4, 0.5) is 5.13 Å². The Morgan fingerprint density at radius 3 is 2.96 bits per heavy atom. The molecule has 0 saturated carbocycles. The summed E-state index contributed by atoms with van der Waals surface area (Å²) in [5.41, 5.74) is 0.922. The average Bonchev–Trinajstić information content (AvgIpc) is 2.94. The molecule has 1 saturated heterocycles. The number of anilines is 1. The first-order valence-corrected chi connectivity index (χ1v) is 8.39. The van der Waals surface area contributed by atoms with Crippen molar-refractivity contribution in [3.05, 3.63) is 35.1 Å². The van der Waals surface area contributed by atoms with E-state index in [-0.39, 0.29) is 12.2 Å². The summed E-state index contributed by atoms with van der Waals surface area (Å²) in [5, 5.41) is 5.09. The summed E-state index contributed by atoms with van der Waals surface area (Å²) in [4.78, 5) is 20.9. The molecule has 1 aliphatic heterocycles. The predicted octanol–water partition coefficient (Wildman–Crippen LogP) is 2.46. The number of carbonyl (C=O) groups excluding carboxylic acids is 1. The maximum absolute atomic E-state index is 10.4. The molecule has 23 heavy (non-hydrogen) atoms. The van der Waals surface area contributed by atoms with E-state index in [4.69, 9.17) is 4.74 Å². The molecule has 2 rings (SSSR count). The number of thiazole rings is 1. The van der Waals surface area contributed by atoms with Crippen molar-refractivity contribution in [3.63, 3.8) is 0 Å². The van der Waals surface area contributed by atoms with Crippen LogP contribution < -0.4 is 5.32 Å². The van der Waals surface area contributed by atoms with Crippen molar-refractivity contribution in [3.8, 4) is 0 Å². The van der Waals surface area contributed by atoms with E-state index in [1.54, 1.807) is 0 Å². The van der Waals surface area contributed by atoms with Crippen molar-refractivity contribution in [2.75, 3.05) is 18.4 Å². The van der Waals surface area contributed by atoms with Crippen LogP contribution in [0, 0.1) is 0 Å². The molecule has 0 spiro atoms. The molecule has 0 aromatic carbocycles. The Balaban J connectivity index is 1.92. The summed E-state index contributed by atoms with van der Waals surface area (Å²) in [6.45, 7) is 9.41. The fourth-order valence-corrected chi connectivity index (χ4v) is 3.17. The molecule has 2 unspecified atom stereocenters. The van der Waals surface area contributed by atoms with Crippen LogP contribution in [0.1, 0.15) is 19.5 Å². The lowest BCUT2D eigenvalue weighted by Gasteiger charge is -2.36. The molecule has 7 heteroatoms. The fourth-order valence-electron chi connectivity index (χ4n) is 2.48. The van der Waals surface area contributed by atoms with Crippen molar-refractivity contribution in [1.82, 2.24) is 9.88 Å². The number of amides is 1. The number of nitrogens with zero attached hydrogens (tertiary/aromatic N) is 3. The summed E-state index contributed by atoms with van der Waals surface area (Å²) in [6, 6.07) is 0. The Hall–Kier alpha value is -1.99. The Bertz CT molecular complexity index is 587. The van der Waals surface area contributed by atoms with Gasteiger partial charge in [-0.15, -0.1) is 11.3 Å². The predicted molar refractivity (Wildman–Crippen MR) is 93.9 cm³/mol. The molecule has 0 bridgehead atoms. The Labute approximate surface area is 140 Å². The van der Waals surface area contributed by atoms with Gasteiger partial charge >= 0.3 is 0 Å². The zero-order valence-electron chi connectivity index (χ0n) is 13.4. The third-order valence-electron chi connectivity index (χ3n) is 3.35. The quantitative estimate of drug-likeness (QED) is 0.472. The van der Waals surface area contributed by atoms with Gasteiger partial charge in [0.2, 0.25) is 6.41 Å². The summed E-state index contributed by atoms with van der Waals surface area (Å²) < 4.78 is 5.73. The van der Waals surface area contributed by atoms with Gasteiger partial charge in [-0.2, -0.15) is 0 Å². The number of carbonyl (C=O) groups is 1. The number of aromatic nitrogens is 1. The van der Waals surface area contributed by atoms with Crippen LogP contribution in [0.2, 0.25) is 0 Å². The highest BCUT2D eigenvalue weighted by molar-refractivity contribution is 7.13. The van der Waals surface area contributed by atoms with E-state index < -0.39 is 0 Å². The number of ether oxygens (including phenoxy) is 1. The number of nitrogens with one attached hydrogen (secondary N) is 1. The van der Waals surface area contributed by atoms with Crippen LogP contribution in [-0.4, -0.2) is 48.3 Å². The smallest absolute Gasteiger partial charge is 0.213 e. The van der Waals surface area contributed by atoms with Crippen molar-refractivity contribution in [2.24, 2.45) is 4.99 Å². The first-order valence-electron chi connectivity index (χ1n) is 7.51. The monoisotopic (exact) mass is 334 g/mol. The second-order valence-electron chi connectivity index (χ2n) is 5.38. The number of morpholine rings is 1. The Kier molecular flexibility index (Phi) is 6.49. The van der Waals surface area contributed by atoms with Gasteiger partial charge in [0.05, 0.1) is 17.9 Å². The van der Waals surface area contributed by atoms with Crippen molar-refractivity contribution in [1.29, 1.82) is 0 Å². The average molecular weight is 334 g/mol. The molecule has 1 aliphatic rings. The molecule has 2 atom stereocenters. The van der Waals surface area contributed by atoms with Gasteiger partial charge < -0.3 is 15.0 Å². The van der Waals surface area contributed by atoms with E-state index in [1.165, 1.54) is 11.3 Å². The summed E-state index contributed by atoms with van der Waals surface area (Å²) in [5.74, 6) is 0.852. The van der Waals surface area contributed by atoms with Crippen LogP contribution in [0.3, 0.4) is 0 Å². The third kappa shape index (κ3) is 5.30. The standard InChI is InChI=1S/C16H22N4O2S/c1-12-8-20(9-13(2)22-12)15(17-3)7-5-4-6-14-10-23-16(19-14)18-11-21/h4-5,7,10-13H,3,6,8-9H2,1-2H3,(H,18,19,21)/b5-4-,15-7+. The molecule has 6 nitrogen and oxygen atoms in total. The summed E-state index contributed by atoms with van der Waals surface area (Å²) in [7, 11) is 0. The highest BCUT2D eigenvalue weighted by atomic mass is 32.1. The molecule has 0 aliphatic carbocycles. The SMILES string of the molecule is C=N/C(=C\C=C/Cc1csc(NC=O)n1)N1CC(C)OC(C)C1. The van der Waals surface area contributed by atoms with Crippen molar-refractivity contribution in [2.45, 2.75) is 32.5 Å². The number of hydrogen-bond acceptors (Lipinski definition) is 6. The molecule has 2 heterocycles. The maximum atomic E-state index is 10.4. The Morgan fingerprint density at radius 2 is 2.30 bits per heavy atom. The van der Waals surface area contributed by atoms with Crippen molar-refractivity contribution >= 4 is 29.6 Å². The van der Waals surface area contributed by atoms with Gasteiger partial charge in [0, 0.05) is 24.9 Å². The maximum Gasteiger partial charge on any atom is 0.213 e. The van der Waals surface area contributed by atoms with E-state index in [2.05, 4.69) is 40.8 Å². The molecule has 1 amide bonds. The van der Waals surface area contributed by atoms with Crippen LogP contribution in [0.25, 0.3) is 0 Å². The molecule has 1 aromatic heterocycles. The first kappa shape index (κ1) is 17.4. The van der Waals surface area contributed by atoms with Crippen LogP contribution >= 0.6 is 11.3 Å². The Morgan fingerprint density at radius 1 is 1.57 bits per heavy atom. The van der Waals surface area contributed by atoms with Crippen molar-refractivity contribution < 1.29 is 9.53 Å². The minimum Gasteiger partial charge on any atom is -0.372 e. The molecule has 1 aromatic rings. The van der Waals surface area contributed by atoms with Crippen LogP contribution in [-0.2, 0) is 16.0 Å². The van der Waals surface area contributed by atoms with Gasteiger partial charge in [0.1, 0.15) is 5.82 Å². The minimum absolute atomic E-state index is 0.187. The highest BCUT2D eigenvalue weighted by Gasteiger charge is 2.22. The van der Waals surface area contributed by atoms with E-state index in [1.807, 2.05) is 23.6 Å². The van der Waals surface area contributed by atoms with Crippen LogP contribution in [0.5, 0.6) is 0 Å². The first-order chi connectivity index (χ1) is 11.1. The lowest BCUT2D eigenvalue weighted by molar-refractivity contribution is -0.105. The second-order valence-corrected chi connectivity index (χ2v) is 6.24. The normalized spacial score (nSPS) is 22.3. The second kappa shape index (κ2) is 8.59. The molecule has 124 valence electrons. The van der Waals surface area contributed by atoms with Gasteiger partial charge in [0.15, 0.2) is 5.13 Å². The molecule has 1 fully saturated rings. The van der Waals surface area contributed by atoms with Crippen LogP contribution in [0.15, 0.2) is 34.4 Å². The third-order valence-corrected chi connectivity index (χ3v) is 4.17. The van der Waals surface area contributed by atoms with E-state index in [0.717, 1.165) is 24.6 Å². The fraction of sp³-hybridized carbons (Fsp3) is 0.438. The highest BCUT2D eigenvalue weighted by Crippen LogP contribution is 2.17. The van der Waals surface area contributed by atoms with Gasteiger partial charge in [-0.3, -0.25) is 4.79 Å². The largest absolute Gasteiger partial charge is 0.372 e. The van der Waals surface area contributed by atoms with Gasteiger partial charge in [-0.05, 0) is 26.6 Å². The van der Waals surface area contributed by atoms with E-state index >= 15 is 0 Å². The number of aliphatic imine (C=N–C) groups is 1. The minimum atomic E-state index is 0.187. The molecule has 0 radical (unpaired) electrons. The topological polar surface area (TPSA) is 66.8 Å². The number of rotatable bonds is 7. The lowest BCUT2D eigenvalue weighted by atomic mass is 10.2. The van der Waals surface area contributed by atoms with Gasteiger partial charge in [-0.1, -0.05) is 12.2 Å². The van der Waals surface area contributed by atoms with E-state index in [9.17, 15) is 4.79 Å². The van der Waals surface area contributed by atoms with Gasteiger partial charge in [-0.25, -0.2) is 9.98 Å². The molecule has 1 N–H and O–H groups in total. The molecular weight excluding hydrogens is 312 g/mol. The number of hydrogen-bond donors (Lipinski definition) is 1. The van der Waals surface area contributed by atoms with E-state index in [0.29, 0.717) is 18.0 Å². The molecular formula is C16H22N4O2S. The zero-order chi connectivity index (χ0) is 16.7. The van der Waals surface area contributed by atoms with Gasteiger partial charge in [0.25, 0.3) is 0 Å². The summed E-state index contributed by atoms with van der Waals surface area (Å²) >= 11 is 1.41. The lowest BCUT2D eigenvalue weighted by Crippen LogP contribution is -2.44. The number of allylic oxidation sites excluding steroid dienone is 3.